The highest BCUT2D eigenvalue weighted by atomic mass is 35.5. The van der Waals surface area contributed by atoms with Gasteiger partial charge in [0.1, 0.15) is 0 Å². The maximum absolute atomic E-state index is 6.16. The number of hydrogen-bond donors (Lipinski definition) is 1. The predicted octanol–water partition coefficient (Wildman–Crippen LogP) is 4.23. The quantitative estimate of drug-likeness (QED) is 0.899. The molecule has 1 unspecified atom stereocenters. The van der Waals surface area contributed by atoms with E-state index >= 15 is 0 Å². The maximum Gasteiger partial charge on any atom is 0.0409 e. The van der Waals surface area contributed by atoms with Crippen LogP contribution in [0, 0.1) is 0 Å². The lowest BCUT2D eigenvalue weighted by Gasteiger charge is -2.52. The van der Waals surface area contributed by atoms with E-state index in [0.29, 0.717) is 11.6 Å². The summed E-state index contributed by atoms with van der Waals surface area (Å²) >= 11 is 6.16. The number of benzene rings is 1. The van der Waals surface area contributed by atoms with Crippen molar-refractivity contribution in [2.45, 2.75) is 63.6 Å². The Kier molecular flexibility index (Phi) is 4.88. The Morgan fingerprint density at radius 3 is 2.81 bits per heavy atom. The van der Waals surface area contributed by atoms with Gasteiger partial charge in [0.15, 0.2) is 0 Å². The Labute approximate surface area is 133 Å². The second-order valence-electron chi connectivity index (χ2n) is 6.78. The third kappa shape index (κ3) is 3.44. The van der Waals surface area contributed by atoms with Gasteiger partial charge in [-0.05, 0) is 37.0 Å². The van der Waals surface area contributed by atoms with Gasteiger partial charge in [-0.15, -0.1) is 0 Å². The van der Waals surface area contributed by atoms with Gasteiger partial charge in [0.05, 0.1) is 0 Å². The molecule has 1 N–H and O–H groups in total. The molecule has 1 aliphatic carbocycles. The first kappa shape index (κ1) is 15.3. The summed E-state index contributed by atoms with van der Waals surface area (Å²) in [5, 5.41) is 4.64. The van der Waals surface area contributed by atoms with E-state index in [0.717, 1.165) is 18.1 Å². The lowest BCUT2D eigenvalue weighted by molar-refractivity contribution is 0.00274. The summed E-state index contributed by atoms with van der Waals surface area (Å²) in [5.74, 6) is 0. The zero-order valence-corrected chi connectivity index (χ0v) is 13.8. The molecule has 2 aliphatic rings. The molecule has 116 valence electrons. The summed E-state index contributed by atoms with van der Waals surface area (Å²) in [6.45, 7) is 5.65. The average molecular weight is 307 g/mol. The summed E-state index contributed by atoms with van der Waals surface area (Å²) in [7, 11) is 0. The monoisotopic (exact) mass is 306 g/mol. The molecule has 1 heterocycles. The molecular weight excluding hydrogens is 280 g/mol. The van der Waals surface area contributed by atoms with Gasteiger partial charge in [0, 0.05) is 36.2 Å². The molecule has 0 radical (unpaired) electrons. The molecule has 3 heteroatoms. The Bertz CT molecular complexity index is 468. The highest BCUT2D eigenvalue weighted by Crippen LogP contribution is 2.36. The first-order chi connectivity index (χ1) is 10.2. The fourth-order valence-electron chi connectivity index (χ4n) is 4.03. The Hall–Kier alpha value is -0.570. The highest BCUT2D eigenvalue weighted by Gasteiger charge is 2.41. The van der Waals surface area contributed by atoms with Crippen LogP contribution in [0.4, 0.5) is 0 Å². The van der Waals surface area contributed by atoms with E-state index in [-0.39, 0.29) is 0 Å². The van der Waals surface area contributed by atoms with Crippen LogP contribution in [0.1, 0.15) is 51.0 Å². The molecule has 0 aromatic heterocycles. The Morgan fingerprint density at radius 1 is 1.29 bits per heavy atom. The smallest absolute Gasteiger partial charge is 0.0409 e. The van der Waals surface area contributed by atoms with Crippen LogP contribution < -0.4 is 5.32 Å². The molecule has 0 bridgehead atoms. The van der Waals surface area contributed by atoms with Crippen LogP contribution in [0.5, 0.6) is 0 Å². The molecule has 1 spiro atoms. The standard InChI is InChI=1S/C18H27ClN2/c1-2-17-13-21(12-15-7-6-8-16(19)11-15)18(14-20-17)9-4-3-5-10-18/h6-8,11,17,20H,2-5,9-10,12-14H2,1H3. The van der Waals surface area contributed by atoms with Crippen molar-refractivity contribution in [3.05, 3.63) is 34.9 Å². The lowest BCUT2D eigenvalue weighted by Crippen LogP contribution is -2.64. The third-order valence-corrected chi connectivity index (χ3v) is 5.61. The summed E-state index contributed by atoms with van der Waals surface area (Å²) < 4.78 is 0. The number of piperazine rings is 1. The van der Waals surface area contributed by atoms with Crippen molar-refractivity contribution >= 4 is 11.6 Å². The Balaban J connectivity index is 1.79. The molecule has 1 aromatic rings. The minimum absolute atomic E-state index is 0.381. The zero-order chi connectivity index (χ0) is 14.7. The van der Waals surface area contributed by atoms with E-state index < -0.39 is 0 Å². The van der Waals surface area contributed by atoms with Crippen LogP contribution in [-0.2, 0) is 6.54 Å². The first-order valence-electron chi connectivity index (χ1n) is 8.45. The molecule has 3 rings (SSSR count). The van der Waals surface area contributed by atoms with E-state index in [1.165, 1.54) is 50.6 Å². The number of nitrogens with one attached hydrogen (secondary N) is 1. The summed E-state index contributed by atoms with van der Waals surface area (Å²) in [6.07, 6.45) is 8.06. The Morgan fingerprint density at radius 2 is 2.10 bits per heavy atom. The molecule has 21 heavy (non-hydrogen) atoms. The van der Waals surface area contributed by atoms with Gasteiger partial charge >= 0.3 is 0 Å². The van der Waals surface area contributed by atoms with Crippen molar-refractivity contribution in [1.29, 1.82) is 0 Å². The van der Waals surface area contributed by atoms with Gasteiger partial charge in [0.25, 0.3) is 0 Å². The molecular formula is C18H27ClN2. The van der Waals surface area contributed by atoms with Crippen molar-refractivity contribution in [2.75, 3.05) is 13.1 Å². The second-order valence-corrected chi connectivity index (χ2v) is 7.22. The molecule has 1 aliphatic heterocycles. The SMILES string of the molecule is CCC1CN(Cc2cccc(Cl)c2)C2(CCCCC2)CN1. The van der Waals surface area contributed by atoms with Crippen LogP contribution in [0.2, 0.25) is 5.02 Å². The van der Waals surface area contributed by atoms with Crippen LogP contribution in [0.3, 0.4) is 0 Å². The van der Waals surface area contributed by atoms with Crippen LogP contribution in [0.25, 0.3) is 0 Å². The van der Waals surface area contributed by atoms with Crippen molar-refractivity contribution < 1.29 is 0 Å². The molecule has 0 amide bonds. The first-order valence-corrected chi connectivity index (χ1v) is 8.82. The van der Waals surface area contributed by atoms with Gasteiger partial charge in [-0.3, -0.25) is 4.90 Å². The fourth-order valence-corrected chi connectivity index (χ4v) is 4.25. The zero-order valence-electron chi connectivity index (χ0n) is 13.1. The van der Waals surface area contributed by atoms with Crippen molar-refractivity contribution in [1.82, 2.24) is 10.2 Å². The number of nitrogens with zero attached hydrogens (tertiary/aromatic N) is 1. The van der Waals surface area contributed by atoms with Gasteiger partial charge in [-0.25, -0.2) is 0 Å². The fraction of sp³-hybridized carbons (Fsp3) is 0.667. The summed E-state index contributed by atoms with van der Waals surface area (Å²) in [6, 6.07) is 9.02. The molecule has 2 fully saturated rings. The molecule has 1 saturated heterocycles. The van der Waals surface area contributed by atoms with Crippen molar-refractivity contribution in [3.63, 3.8) is 0 Å². The van der Waals surface area contributed by atoms with Crippen LogP contribution in [-0.4, -0.2) is 29.6 Å². The van der Waals surface area contributed by atoms with Crippen LogP contribution in [0.15, 0.2) is 24.3 Å². The predicted molar refractivity (Wildman–Crippen MR) is 89.8 cm³/mol. The topological polar surface area (TPSA) is 15.3 Å². The number of hydrogen-bond acceptors (Lipinski definition) is 2. The molecule has 1 saturated carbocycles. The van der Waals surface area contributed by atoms with Crippen LogP contribution >= 0.6 is 11.6 Å². The van der Waals surface area contributed by atoms with Crippen molar-refractivity contribution in [2.24, 2.45) is 0 Å². The van der Waals surface area contributed by atoms with E-state index in [4.69, 9.17) is 11.6 Å². The maximum atomic E-state index is 6.16. The van der Waals surface area contributed by atoms with Gasteiger partial charge < -0.3 is 5.32 Å². The van der Waals surface area contributed by atoms with E-state index in [1.54, 1.807) is 0 Å². The lowest BCUT2D eigenvalue weighted by atomic mass is 9.78. The van der Waals surface area contributed by atoms with E-state index in [2.05, 4.69) is 35.3 Å². The molecule has 1 aromatic carbocycles. The number of rotatable bonds is 3. The van der Waals surface area contributed by atoms with E-state index in [1.807, 2.05) is 6.07 Å². The minimum Gasteiger partial charge on any atom is -0.311 e. The molecule has 2 nitrogen and oxygen atoms in total. The van der Waals surface area contributed by atoms with Gasteiger partial charge in [-0.2, -0.15) is 0 Å². The largest absolute Gasteiger partial charge is 0.311 e. The second kappa shape index (κ2) is 6.68. The van der Waals surface area contributed by atoms with Gasteiger partial charge in [-0.1, -0.05) is 49.9 Å². The highest BCUT2D eigenvalue weighted by molar-refractivity contribution is 6.30. The number of halogens is 1. The average Bonchev–Trinajstić information content (AvgIpc) is 2.51. The van der Waals surface area contributed by atoms with Crippen molar-refractivity contribution in [3.8, 4) is 0 Å². The summed E-state index contributed by atoms with van der Waals surface area (Å²) in [4.78, 5) is 2.75. The summed E-state index contributed by atoms with van der Waals surface area (Å²) in [5.41, 5.74) is 1.73. The normalized spacial score (nSPS) is 26.1. The van der Waals surface area contributed by atoms with E-state index in [9.17, 15) is 0 Å². The third-order valence-electron chi connectivity index (χ3n) is 5.37. The molecule has 1 atom stereocenters. The minimum atomic E-state index is 0.381. The van der Waals surface area contributed by atoms with Gasteiger partial charge in [0.2, 0.25) is 0 Å².